The van der Waals surface area contributed by atoms with Crippen molar-refractivity contribution in [2.75, 3.05) is 6.54 Å². The Morgan fingerprint density at radius 1 is 1.26 bits per heavy atom. The van der Waals surface area contributed by atoms with Gasteiger partial charge in [-0.15, -0.1) is 0 Å². The van der Waals surface area contributed by atoms with E-state index in [9.17, 15) is 14.7 Å². The van der Waals surface area contributed by atoms with Gasteiger partial charge in [-0.3, -0.25) is 14.6 Å². The van der Waals surface area contributed by atoms with Gasteiger partial charge in [-0.05, 0) is 30.3 Å². The van der Waals surface area contributed by atoms with Crippen molar-refractivity contribution in [2.24, 2.45) is 5.10 Å². The molecule has 118 valence electrons. The Hall–Kier alpha value is -2.74. The summed E-state index contributed by atoms with van der Waals surface area (Å²) in [6.45, 7) is -0.219. The van der Waals surface area contributed by atoms with Crippen LogP contribution in [0.5, 0.6) is 5.75 Å². The van der Waals surface area contributed by atoms with Crippen LogP contribution in [0.4, 0.5) is 0 Å². The van der Waals surface area contributed by atoms with Crippen LogP contribution in [-0.2, 0) is 4.79 Å². The summed E-state index contributed by atoms with van der Waals surface area (Å²) in [5.74, 6) is -0.827. The van der Waals surface area contributed by atoms with Crippen molar-refractivity contribution >= 4 is 34.0 Å². The molecule has 1 aromatic carbocycles. The number of pyridine rings is 1. The van der Waals surface area contributed by atoms with Crippen molar-refractivity contribution in [3.63, 3.8) is 0 Å². The monoisotopic (exact) mass is 376 g/mol. The second-order valence-corrected chi connectivity index (χ2v) is 5.33. The lowest BCUT2D eigenvalue weighted by Gasteiger charge is -2.04. The molecule has 0 atom stereocenters. The summed E-state index contributed by atoms with van der Waals surface area (Å²) in [4.78, 5) is 27.1. The molecule has 0 aliphatic carbocycles. The van der Waals surface area contributed by atoms with Crippen molar-refractivity contribution in [3.05, 3.63) is 58.3 Å². The molecule has 0 unspecified atom stereocenters. The van der Waals surface area contributed by atoms with Crippen LogP contribution in [0.15, 0.2) is 52.3 Å². The molecule has 0 saturated heterocycles. The fourth-order valence-corrected chi connectivity index (χ4v) is 1.99. The van der Waals surface area contributed by atoms with Crippen LogP contribution in [0.3, 0.4) is 0 Å². The Morgan fingerprint density at radius 3 is 2.74 bits per heavy atom. The zero-order valence-electron chi connectivity index (χ0n) is 11.9. The number of halogens is 1. The van der Waals surface area contributed by atoms with Crippen LogP contribution in [0.25, 0.3) is 0 Å². The maximum Gasteiger partial charge on any atom is 0.259 e. The number of benzene rings is 1. The zero-order valence-corrected chi connectivity index (χ0v) is 13.4. The smallest absolute Gasteiger partial charge is 0.259 e. The van der Waals surface area contributed by atoms with Gasteiger partial charge in [-0.1, -0.05) is 15.9 Å². The molecule has 0 bridgehead atoms. The lowest BCUT2D eigenvalue weighted by Crippen LogP contribution is -2.34. The molecule has 0 saturated carbocycles. The number of nitrogens with one attached hydrogen (secondary N) is 2. The number of nitrogens with zero attached hydrogens (tertiary/aromatic N) is 2. The van der Waals surface area contributed by atoms with Gasteiger partial charge in [0.05, 0.1) is 12.8 Å². The predicted octanol–water partition coefficient (Wildman–Crippen LogP) is 1.43. The molecular weight excluding hydrogens is 364 g/mol. The molecule has 1 heterocycles. The van der Waals surface area contributed by atoms with Gasteiger partial charge in [0.1, 0.15) is 5.75 Å². The molecule has 0 radical (unpaired) electrons. The fraction of sp³-hybridized carbons (Fsp3) is 0.0667. The number of phenolic OH excluding ortho intramolecular Hbond substituents is 1. The van der Waals surface area contributed by atoms with Gasteiger partial charge in [0.15, 0.2) is 0 Å². The number of aromatic hydroxyl groups is 1. The van der Waals surface area contributed by atoms with Gasteiger partial charge in [-0.25, -0.2) is 5.43 Å². The molecule has 3 N–H and O–H groups in total. The van der Waals surface area contributed by atoms with Crippen molar-refractivity contribution in [1.82, 2.24) is 15.7 Å². The summed E-state index contributed by atoms with van der Waals surface area (Å²) >= 11 is 3.27. The molecule has 2 aromatic rings. The minimum Gasteiger partial charge on any atom is -0.507 e. The molecule has 7 nitrogen and oxygen atoms in total. The molecule has 0 spiro atoms. The van der Waals surface area contributed by atoms with E-state index in [2.05, 4.69) is 36.8 Å². The Balaban J connectivity index is 1.82. The molecule has 2 rings (SSSR count). The maximum absolute atomic E-state index is 11.7. The Bertz CT molecular complexity index is 735. The van der Waals surface area contributed by atoms with E-state index >= 15 is 0 Å². The molecular formula is C15H13BrN4O3. The van der Waals surface area contributed by atoms with E-state index in [-0.39, 0.29) is 18.2 Å². The normalized spacial score (nSPS) is 10.5. The van der Waals surface area contributed by atoms with Crippen LogP contribution in [0.1, 0.15) is 15.9 Å². The predicted molar refractivity (Wildman–Crippen MR) is 88.1 cm³/mol. The van der Waals surface area contributed by atoms with E-state index in [4.69, 9.17) is 0 Å². The molecule has 8 heteroatoms. The lowest BCUT2D eigenvalue weighted by molar-refractivity contribution is -0.120. The summed E-state index contributed by atoms with van der Waals surface area (Å²) < 4.78 is 0.771. The highest BCUT2D eigenvalue weighted by Gasteiger charge is 2.07. The number of rotatable bonds is 5. The highest BCUT2D eigenvalue weighted by molar-refractivity contribution is 9.10. The van der Waals surface area contributed by atoms with Crippen LogP contribution in [0, 0.1) is 0 Å². The van der Waals surface area contributed by atoms with Crippen LogP contribution >= 0.6 is 15.9 Å². The molecule has 23 heavy (non-hydrogen) atoms. The number of amides is 2. The summed E-state index contributed by atoms with van der Waals surface area (Å²) in [7, 11) is 0. The molecule has 0 aliphatic heterocycles. The van der Waals surface area contributed by atoms with E-state index in [1.165, 1.54) is 24.7 Å². The first-order valence-corrected chi connectivity index (χ1v) is 7.34. The SMILES string of the molecule is O=C(CNC(=O)c1ccncc1)N/N=C/c1cc(Br)ccc1O. The standard InChI is InChI=1S/C15H13BrN4O3/c16-12-1-2-13(21)11(7-12)8-19-20-14(22)9-18-15(23)10-3-5-17-6-4-10/h1-8,21H,9H2,(H,18,23)(H,20,22)/b19-8+. The fourth-order valence-electron chi connectivity index (χ4n) is 1.61. The first-order chi connectivity index (χ1) is 11.1. The largest absolute Gasteiger partial charge is 0.507 e. The molecule has 2 amide bonds. The van der Waals surface area contributed by atoms with Crippen LogP contribution in [-0.4, -0.2) is 34.7 Å². The Kier molecular flexibility index (Phi) is 5.81. The van der Waals surface area contributed by atoms with E-state index in [1.807, 2.05) is 0 Å². The van der Waals surface area contributed by atoms with Crippen molar-refractivity contribution in [2.45, 2.75) is 0 Å². The average molecular weight is 377 g/mol. The summed E-state index contributed by atoms with van der Waals surface area (Å²) in [6.07, 6.45) is 4.29. The van der Waals surface area contributed by atoms with Gasteiger partial charge in [0.2, 0.25) is 0 Å². The van der Waals surface area contributed by atoms with E-state index in [1.54, 1.807) is 24.3 Å². The number of hydrogen-bond acceptors (Lipinski definition) is 5. The minimum atomic E-state index is -0.488. The highest BCUT2D eigenvalue weighted by Crippen LogP contribution is 2.19. The number of hydrazone groups is 1. The second kappa shape index (κ2) is 8.04. The molecule has 0 aliphatic rings. The van der Waals surface area contributed by atoms with Gasteiger partial charge in [0.25, 0.3) is 11.8 Å². The summed E-state index contributed by atoms with van der Waals surface area (Å²) in [5, 5.41) is 15.8. The summed E-state index contributed by atoms with van der Waals surface area (Å²) in [6, 6.07) is 7.92. The van der Waals surface area contributed by atoms with Gasteiger partial charge in [-0.2, -0.15) is 5.10 Å². The first kappa shape index (κ1) is 16.6. The number of phenols is 1. The van der Waals surface area contributed by atoms with Crippen LogP contribution in [0.2, 0.25) is 0 Å². The van der Waals surface area contributed by atoms with E-state index in [0.717, 1.165) is 4.47 Å². The first-order valence-electron chi connectivity index (χ1n) is 6.55. The van der Waals surface area contributed by atoms with Crippen molar-refractivity contribution < 1.29 is 14.7 Å². The third kappa shape index (κ3) is 5.19. The highest BCUT2D eigenvalue weighted by atomic mass is 79.9. The Labute approximate surface area is 140 Å². The second-order valence-electron chi connectivity index (χ2n) is 4.41. The Morgan fingerprint density at radius 2 is 2.00 bits per heavy atom. The number of aromatic nitrogens is 1. The third-order valence-corrected chi connectivity index (χ3v) is 3.23. The average Bonchev–Trinajstić information content (AvgIpc) is 2.56. The van der Waals surface area contributed by atoms with Crippen LogP contribution < -0.4 is 10.7 Å². The maximum atomic E-state index is 11.7. The topological polar surface area (TPSA) is 104 Å². The number of hydrogen-bond donors (Lipinski definition) is 3. The summed E-state index contributed by atoms with van der Waals surface area (Å²) in [5.41, 5.74) is 3.12. The molecule has 1 aromatic heterocycles. The number of carbonyl (C=O) groups is 2. The lowest BCUT2D eigenvalue weighted by atomic mass is 10.2. The van der Waals surface area contributed by atoms with Gasteiger partial charge < -0.3 is 10.4 Å². The number of carbonyl (C=O) groups excluding carboxylic acids is 2. The minimum absolute atomic E-state index is 0.0391. The van der Waals surface area contributed by atoms with Gasteiger partial charge >= 0.3 is 0 Å². The third-order valence-electron chi connectivity index (χ3n) is 2.73. The van der Waals surface area contributed by atoms with Crippen molar-refractivity contribution in [3.8, 4) is 5.75 Å². The van der Waals surface area contributed by atoms with Crippen molar-refractivity contribution in [1.29, 1.82) is 0 Å². The van der Waals surface area contributed by atoms with E-state index in [0.29, 0.717) is 11.1 Å². The molecule has 0 fully saturated rings. The quantitative estimate of drug-likeness (QED) is 0.542. The zero-order chi connectivity index (χ0) is 16.7. The van der Waals surface area contributed by atoms with Gasteiger partial charge in [0, 0.05) is 28.0 Å². The van der Waals surface area contributed by atoms with E-state index < -0.39 is 5.91 Å².